The zero-order valence-corrected chi connectivity index (χ0v) is 14.8. The Hall–Kier alpha value is -2.41. The van der Waals surface area contributed by atoms with Crippen LogP contribution >= 0.6 is 15.9 Å². The summed E-state index contributed by atoms with van der Waals surface area (Å²) >= 11 is 3.36. The van der Waals surface area contributed by atoms with Gasteiger partial charge < -0.3 is 27.0 Å². The number of nitrogens with one attached hydrogen (secondary N) is 4. The van der Waals surface area contributed by atoms with Crippen molar-refractivity contribution in [2.45, 2.75) is 0 Å². The third kappa shape index (κ3) is 3.68. The Morgan fingerprint density at radius 1 is 0.957 bits per heavy atom. The lowest BCUT2D eigenvalue weighted by Gasteiger charge is -2.19. The van der Waals surface area contributed by atoms with E-state index in [1.807, 2.05) is 45.4 Å². The van der Waals surface area contributed by atoms with Gasteiger partial charge in [0.1, 0.15) is 0 Å². The lowest BCUT2D eigenvalue weighted by atomic mass is 10.1. The van der Waals surface area contributed by atoms with Gasteiger partial charge in [0.2, 0.25) is 0 Å². The van der Waals surface area contributed by atoms with Gasteiger partial charge in [-0.15, -0.1) is 0 Å². The average molecular weight is 378 g/mol. The largest absolute Gasteiger partial charge is 0.388 e. The summed E-state index contributed by atoms with van der Waals surface area (Å²) in [5, 5.41) is 12.7. The van der Waals surface area contributed by atoms with Crippen LogP contribution in [0.4, 0.5) is 28.4 Å². The number of carbonyl (C=O) groups excluding carboxylic acids is 1. The molecule has 122 valence electrons. The van der Waals surface area contributed by atoms with Crippen LogP contribution in [0.5, 0.6) is 0 Å². The highest BCUT2D eigenvalue weighted by Gasteiger charge is 2.14. The zero-order chi connectivity index (χ0) is 17.0. The summed E-state index contributed by atoms with van der Waals surface area (Å²) in [6, 6.07) is 9.33. The number of benzene rings is 2. The molecule has 2 aromatic rings. The third-order valence-electron chi connectivity index (χ3n) is 3.47. The van der Waals surface area contributed by atoms with Gasteiger partial charge in [0.25, 0.3) is 5.91 Å². The lowest BCUT2D eigenvalue weighted by Crippen LogP contribution is -2.14. The highest BCUT2D eigenvalue weighted by Crippen LogP contribution is 2.37. The summed E-state index contributed by atoms with van der Waals surface area (Å²) in [6.07, 6.45) is 0. The molecule has 0 saturated carbocycles. The highest BCUT2D eigenvalue weighted by atomic mass is 79.9. The first-order valence-electron chi connectivity index (χ1n) is 7.07. The monoisotopic (exact) mass is 377 g/mol. The second-order valence-electron chi connectivity index (χ2n) is 4.88. The molecular weight excluding hydrogens is 358 g/mol. The van der Waals surface area contributed by atoms with E-state index < -0.39 is 5.91 Å². The van der Waals surface area contributed by atoms with E-state index in [-0.39, 0.29) is 0 Å². The SMILES string of the molecule is CNc1cc(NC)c(Nc2ccc(Br)cc2C(N)=O)c(NC)c1. The van der Waals surface area contributed by atoms with Crippen LogP contribution in [-0.4, -0.2) is 27.1 Å². The van der Waals surface area contributed by atoms with Crippen molar-refractivity contribution in [3.8, 4) is 0 Å². The molecular formula is C16H20BrN5O. The van der Waals surface area contributed by atoms with Crippen molar-refractivity contribution in [1.29, 1.82) is 0 Å². The second kappa shape index (κ2) is 7.23. The van der Waals surface area contributed by atoms with Crippen LogP contribution in [0.1, 0.15) is 10.4 Å². The number of halogens is 1. The Labute approximate surface area is 144 Å². The molecule has 0 aliphatic heterocycles. The Bertz CT molecular complexity index is 707. The van der Waals surface area contributed by atoms with Crippen molar-refractivity contribution in [2.75, 3.05) is 42.4 Å². The molecule has 0 unspecified atom stereocenters. The van der Waals surface area contributed by atoms with Crippen LogP contribution in [0.2, 0.25) is 0 Å². The van der Waals surface area contributed by atoms with Gasteiger partial charge in [0, 0.05) is 31.3 Å². The van der Waals surface area contributed by atoms with E-state index >= 15 is 0 Å². The van der Waals surface area contributed by atoms with Crippen molar-refractivity contribution in [2.24, 2.45) is 5.73 Å². The molecule has 23 heavy (non-hydrogen) atoms. The van der Waals surface area contributed by atoms with Crippen molar-refractivity contribution < 1.29 is 4.79 Å². The highest BCUT2D eigenvalue weighted by molar-refractivity contribution is 9.10. The minimum absolute atomic E-state index is 0.418. The zero-order valence-electron chi connectivity index (χ0n) is 13.3. The fourth-order valence-electron chi connectivity index (χ4n) is 2.28. The summed E-state index contributed by atoms with van der Waals surface area (Å²) in [4.78, 5) is 11.7. The van der Waals surface area contributed by atoms with Crippen LogP contribution in [-0.2, 0) is 0 Å². The van der Waals surface area contributed by atoms with E-state index in [1.54, 1.807) is 6.07 Å². The quantitative estimate of drug-likeness (QED) is 0.531. The fraction of sp³-hybridized carbons (Fsp3) is 0.188. The number of hydrogen-bond acceptors (Lipinski definition) is 5. The van der Waals surface area contributed by atoms with Crippen LogP contribution in [0.25, 0.3) is 0 Å². The van der Waals surface area contributed by atoms with Crippen LogP contribution in [0.3, 0.4) is 0 Å². The molecule has 0 atom stereocenters. The predicted octanol–water partition coefficient (Wildman–Crippen LogP) is 3.42. The van der Waals surface area contributed by atoms with Crippen LogP contribution in [0, 0.1) is 0 Å². The van der Waals surface area contributed by atoms with Gasteiger partial charge in [-0.1, -0.05) is 15.9 Å². The predicted molar refractivity (Wildman–Crippen MR) is 101 cm³/mol. The third-order valence-corrected chi connectivity index (χ3v) is 3.97. The minimum atomic E-state index is -0.488. The van der Waals surface area contributed by atoms with Gasteiger partial charge in [0.15, 0.2) is 0 Å². The van der Waals surface area contributed by atoms with Gasteiger partial charge in [-0.05, 0) is 30.3 Å². The van der Waals surface area contributed by atoms with Crippen molar-refractivity contribution in [3.05, 3.63) is 40.4 Å². The van der Waals surface area contributed by atoms with Crippen LogP contribution < -0.4 is 27.0 Å². The lowest BCUT2D eigenvalue weighted by molar-refractivity contribution is 0.100. The first kappa shape index (κ1) is 17.0. The first-order valence-corrected chi connectivity index (χ1v) is 7.87. The first-order chi connectivity index (χ1) is 11.0. The van der Waals surface area contributed by atoms with Crippen molar-refractivity contribution in [1.82, 2.24) is 0 Å². The molecule has 0 aromatic heterocycles. The standard InChI is InChI=1S/C16H20BrN5O/c1-19-10-7-13(20-2)15(14(8-10)21-3)22-12-5-4-9(17)6-11(12)16(18)23/h4-8,19-22H,1-3H3,(H2,18,23). The Morgan fingerprint density at radius 3 is 2.04 bits per heavy atom. The van der Waals surface area contributed by atoms with Crippen molar-refractivity contribution >= 4 is 50.3 Å². The summed E-state index contributed by atoms with van der Waals surface area (Å²) in [6.45, 7) is 0. The molecule has 2 rings (SSSR count). The summed E-state index contributed by atoms with van der Waals surface area (Å²) in [7, 11) is 5.55. The average Bonchev–Trinajstić information content (AvgIpc) is 2.56. The van der Waals surface area contributed by atoms with Crippen molar-refractivity contribution in [3.63, 3.8) is 0 Å². The second-order valence-corrected chi connectivity index (χ2v) is 5.79. The topological polar surface area (TPSA) is 91.2 Å². The summed E-state index contributed by atoms with van der Waals surface area (Å²) in [5.74, 6) is -0.488. The normalized spacial score (nSPS) is 10.1. The fourth-order valence-corrected chi connectivity index (χ4v) is 2.64. The molecule has 7 heteroatoms. The maximum absolute atomic E-state index is 11.7. The molecule has 0 fully saturated rings. The van der Waals surface area contributed by atoms with Gasteiger partial charge in [0.05, 0.1) is 28.3 Å². The molecule has 0 bridgehead atoms. The Morgan fingerprint density at radius 2 is 1.57 bits per heavy atom. The van der Waals surface area contributed by atoms with Crippen LogP contribution in [0.15, 0.2) is 34.8 Å². The molecule has 0 radical (unpaired) electrons. The van der Waals surface area contributed by atoms with E-state index in [4.69, 9.17) is 5.73 Å². The van der Waals surface area contributed by atoms with Gasteiger partial charge in [-0.25, -0.2) is 0 Å². The minimum Gasteiger partial charge on any atom is -0.388 e. The number of anilines is 5. The molecule has 6 N–H and O–H groups in total. The molecule has 0 spiro atoms. The number of rotatable bonds is 6. The van der Waals surface area contributed by atoms with E-state index in [1.165, 1.54) is 0 Å². The van der Waals surface area contributed by atoms with E-state index in [0.29, 0.717) is 11.3 Å². The van der Waals surface area contributed by atoms with Gasteiger partial charge >= 0.3 is 0 Å². The van der Waals surface area contributed by atoms with E-state index in [9.17, 15) is 4.79 Å². The molecule has 0 aliphatic rings. The molecule has 0 saturated heterocycles. The van der Waals surface area contributed by atoms with E-state index in [0.717, 1.165) is 27.2 Å². The number of amides is 1. The Balaban J connectivity index is 2.54. The summed E-state index contributed by atoms with van der Waals surface area (Å²) in [5.41, 5.74) is 10.1. The molecule has 0 aliphatic carbocycles. The summed E-state index contributed by atoms with van der Waals surface area (Å²) < 4.78 is 0.796. The number of primary amides is 1. The molecule has 2 aromatic carbocycles. The van der Waals surface area contributed by atoms with Gasteiger partial charge in [-0.3, -0.25) is 4.79 Å². The maximum atomic E-state index is 11.7. The van der Waals surface area contributed by atoms with Gasteiger partial charge in [-0.2, -0.15) is 0 Å². The maximum Gasteiger partial charge on any atom is 0.250 e. The number of carbonyl (C=O) groups is 1. The number of nitrogens with two attached hydrogens (primary N) is 1. The number of hydrogen-bond donors (Lipinski definition) is 5. The smallest absolute Gasteiger partial charge is 0.250 e. The molecule has 6 nitrogen and oxygen atoms in total. The van der Waals surface area contributed by atoms with E-state index in [2.05, 4.69) is 37.2 Å². The molecule has 0 heterocycles. The Kier molecular flexibility index (Phi) is 5.33. The molecule has 1 amide bonds.